The predicted molar refractivity (Wildman–Crippen MR) is 82.0 cm³/mol. The SMILES string of the molecule is Cc1ccccc1CCNc1nc(N)c(Cl)cc1Cl. The van der Waals surface area contributed by atoms with E-state index in [1.165, 1.54) is 11.1 Å². The highest BCUT2D eigenvalue weighted by molar-refractivity contribution is 6.37. The Morgan fingerprint density at radius 3 is 2.68 bits per heavy atom. The fourth-order valence-corrected chi connectivity index (χ4v) is 2.24. The quantitative estimate of drug-likeness (QED) is 0.898. The summed E-state index contributed by atoms with van der Waals surface area (Å²) in [5, 5.41) is 4.02. The number of halogens is 2. The monoisotopic (exact) mass is 295 g/mol. The van der Waals surface area contributed by atoms with Gasteiger partial charge in [0, 0.05) is 6.54 Å². The van der Waals surface area contributed by atoms with E-state index < -0.39 is 0 Å². The van der Waals surface area contributed by atoms with Crippen molar-refractivity contribution in [2.75, 3.05) is 17.6 Å². The maximum absolute atomic E-state index is 6.05. The Hall–Kier alpha value is -1.45. The molecule has 3 N–H and O–H groups in total. The van der Waals surface area contributed by atoms with Gasteiger partial charge in [-0.3, -0.25) is 0 Å². The summed E-state index contributed by atoms with van der Waals surface area (Å²) in [6, 6.07) is 9.88. The molecule has 3 nitrogen and oxygen atoms in total. The maximum Gasteiger partial charge on any atom is 0.147 e. The highest BCUT2D eigenvalue weighted by Gasteiger charge is 2.06. The molecule has 0 saturated carbocycles. The van der Waals surface area contributed by atoms with Gasteiger partial charge in [0.05, 0.1) is 10.0 Å². The van der Waals surface area contributed by atoms with Gasteiger partial charge in [0.2, 0.25) is 0 Å². The van der Waals surface area contributed by atoms with E-state index in [-0.39, 0.29) is 5.82 Å². The number of aryl methyl sites for hydroxylation is 1. The minimum absolute atomic E-state index is 0.282. The summed E-state index contributed by atoms with van der Waals surface area (Å²) in [6.45, 7) is 2.83. The first-order valence-electron chi connectivity index (χ1n) is 5.98. The average Bonchev–Trinajstić information content (AvgIpc) is 2.38. The molecular weight excluding hydrogens is 281 g/mol. The number of hydrogen-bond donors (Lipinski definition) is 2. The van der Waals surface area contributed by atoms with Crippen molar-refractivity contribution in [2.45, 2.75) is 13.3 Å². The molecule has 0 aliphatic heterocycles. The Morgan fingerprint density at radius 2 is 1.95 bits per heavy atom. The van der Waals surface area contributed by atoms with Gasteiger partial charge in [-0.05, 0) is 30.5 Å². The minimum Gasteiger partial charge on any atom is -0.382 e. The average molecular weight is 296 g/mol. The first-order chi connectivity index (χ1) is 9.08. The topological polar surface area (TPSA) is 50.9 Å². The Labute approximate surface area is 122 Å². The molecule has 2 rings (SSSR count). The third-order valence-corrected chi connectivity index (χ3v) is 3.50. The van der Waals surface area contributed by atoms with Gasteiger partial charge in [0.1, 0.15) is 11.6 Å². The van der Waals surface area contributed by atoms with E-state index >= 15 is 0 Å². The molecule has 0 fully saturated rings. The molecule has 19 heavy (non-hydrogen) atoms. The molecule has 0 spiro atoms. The number of anilines is 2. The number of benzene rings is 1. The van der Waals surface area contributed by atoms with Crippen molar-refractivity contribution in [3.63, 3.8) is 0 Å². The number of nitrogen functional groups attached to an aromatic ring is 1. The summed E-state index contributed by atoms with van der Waals surface area (Å²) >= 11 is 11.9. The lowest BCUT2D eigenvalue weighted by Gasteiger charge is -2.10. The van der Waals surface area contributed by atoms with Crippen molar-refractivity contribution in [1.82, 2.24) is 4.98 Å². The maximum atomic E-state index is 6.05. The molecule has 2 aromatic rings. The molecule has 1 aromatic heterocycles. The van der Waals surface area contributed by atoms with Crippen LogP contribution in [0.4, 0.5) is 11.6 Å². The Kier molecular flexibility index (Phi) is 4.51. The highest BCUT2D eigenvalue weighted by Crippen LogP contribution is 2.27. The summed E-state index contributed by atoms with van der Waals surface area (Å²) in [5.41, 5.74) is 8.23. The van der Waals surface area contributed by atoms with E-state index in [1.807, 2.05) is 12.1 Å². The standard InChI is InChI=1S/C14H15Cl2N3/c1-9-4-2-3-5-10(9)6-7-18-14-12(16)8-11(15)13(17)19-14/h2-5,8H,6-7H2,1H3,(H3,17,18,19). The van der Waals surface area contributed by atoms with Gasteiger partial charge in [0.15, 0.2) is 0 Å². The Balaban J connectivity index is 2.00. The molecule has 0 atom stereocenters. The van der Waals surface area contributed by atoms with Crippen molar-refractivity contribution in [3.05, 3.63) is 51.5 Å². The van der Waals surface area contributed by atoms with Crippen LogP contribution in [0, 0.1) is 6.92 Å². The normalized spacial score (nSPS) is 10.5. The second-order valence-corrected chi connectivity index (χ2v) is 5.10. The zero-order valence-corrected chi connectivity index (χ0v) is 12.1. The van der Waals surface area contributed by atoms with Gasteiger partial charge < -0.3 is 11.1 Å². The molecule has 1 aromatic carbocycles. The van der Waals surface area contributed by atoms with Crippen molar-refractivity contribution in [1.29, 1.82) is 0 Å². The fraction of sp³-hybridized carbons (Fsp3) is 0.214. The largest absolute Gasteiger partial charge is 0.382 e. The third kappa shape index (κ3) is 3.52. The van der Waals surface area contributed by atoms with Crippen LogP contribution in [0.15, 0.2) is 30.3 Å². The predicted octanol–water partition coefficient (Wildman–Crippen LogP) is 3.93. The summed E-state index contributed by atoms with van der Waals surface area (Å²) in [6.07, 6.45) is 0.896. The molecule has 0 aliphatic rings. The lowest BCUT2D eigenvalue weighted by Crippen LogP contribution is -2.08. The number of hydrogen-bond acceptors (Lipinski definition) is 3. The number of nitrogens with one attached hydrogen (secondary N) is 1. The Morgan fingerprint density at radius 1 is 1.21 bits per heavy atom. The van der Waals surface area contributed by atoms with Gasteiger partial charge >= 0.3 is 0 Å². The number of rotatable bonds is 4. The summed E-state index contributed by atoms with van der Waals surface area (Å²) in [5.74, 6) is 0.849. The molecule has 5 heteroatoms. The van der Waals surface area contributed by atoms with E-state index in [1.54, 1.807) is 6.07 Å². The number of nitrogens with two attached hydrogens (primary N) is 1. The smallest absolute Gasteiger partial charge is 0.147 e. The van der Waals surface area contributed by atoms with Crippen LogP contribution in [-0.4, -0.2) is 11.5 Å². The van der Waals surface area contributed by atoms with Crippen LogP contribution in [0.3, 0.4) is 0 Å². The summed E-state index contributed by atoms with van der Waals surface area (Å²) in [7, 11) is 0. The van der Waals surface area contributed by atoms with E-state index in [9.17, 15) is 0 Å². The van der Waals surface area contributed by atoms with Crippen molar-refractivity contribution in [2.24, 2.45) is 0 Å². The number of aromatic nitrogens is 1. The van der Waals surface area contributed by atoms with Crippen LogP contribution in [0.2, 0.25) is 10.0 Å². The Bertz CT molecular complexity index is 585. The van der Waals surface area contributed by atoms with Gasteiger partial charge in [-0.25, -0.2) is 4.98 Å². The summed E-state index contributed by atoms with van der Waals surface area (Å²) < 4.78 is 0. The minimum atomic E-state index is 0.282. The molecule has 0 saturated heterocycles. The van der Waals surface area contributed by atoms with Crippen LogP contribution in [-0.2, 0) is 6.42 Å². The zero-order valence-electron chi connectivity index (χ0n) is 10.6. The van der Waals surface area contributed by atoms with Crippen LogP contribution in [0.1, 0.15) is 11.1 Å². The first-order valence-corrected chi connectivity index (χ1v) is 6.73. The summed E-state index contributed by atoms with van der Waals surface area (Å²) in [4.78, 5) is 4.13. The second kappa shape index (κ2) is 6.13. The van der Waals surface area contributed by atoms with Gasteiger partial charge in [-0.15, -0.1) is 0 Å². The fourth-order valence-electron chi connectivity index (χ4n) is 1.81. The molecule has 0 radical (unpaired) electrons. The number of nitrogens with zero attached hydrogens (tertiary/aromatic N) is 1. The van der Waals surface area contributed by atoms with Crippen molar-refractivity contribution in [3.8, 4) is 0 Å². The van der Waals surface area contributed by atoms with Crippen LogP contribution in [0.5, 0.6) is 0 Å². The van der Waals surface area contributed by atoms with Gasteiger partial charge in [-0.1, -0.05) is 47.5 Å². The van der Waals surface area contributed by atoms with Crippen LogP contribution >= 0.6 is 23.2 Å². The molecule has 0 aliphatic carbocycles. The van der Waals surface area contributed by atoms with Crippen molar-refractivity contribution < 1.29 is 0 Å². The molecule has 100 valence electrons. The van der Waals surface area contributed by atoms with E-state index in [0.717, 1.165) is 13.0 Å². The van der Waals surface area contributed by atoms with Crippen LogP contribution in [0.25, 0.3) is 0 Å². The zero-order chi connectivity index (χ0) is 13.8. The lowest BCUT2D eigenvalue weighted by atomic mass is 10.1. The lowest BCUT2D eigenvalue weighted by molar-refractivity contribution is 0.995. The van der Waals surface area contributed by atoms with Gasteiger partial charge in [-0.2, -0.15) is 0 Å². The molecular formula is C14H15Cl2N3. The molecule has 0 bridgehead atoms. The molecule has 0 amide bonds. The van der Waals surface area contributed by atoms with Gasteiger partial charge in [0.25, 0.3) is 0 Å². The third-order valence-electron chi connectivity index (χ3n) is 2.90. The van der Waals surface area contributed by atoms with Crippen LogP contribution < -0.4 is 11.1 Å². The van der Waals surface area contributed by atoms with Crippen molar-refractivity contribution >= 4 is 34.8 Å². The van der Waals surface area contributed by atoms with E-state index in [2.05, 4.69) is 29.4 Å². The first kappa shape index (κ1) is 14.0. The molecule has 0 unspecified atom stereocenters. The molecule has 1 heterocycles. The second-order valence-electron chi connectivity index (χ2n) is 4.29. The highest BCUT2D eigenvalue weighted by atomic mass is 35.5. The van der Waals surface area contributed by atoms with E-state index in [0.29, 0.717) is 15.9 Å². The number of pyridine rings is 1. The van der Waals surface area contributed by atoms with E-state index in [4.69, 9.17) is 28.9 Å².